The van der Waals surface area contributed by atoms with Crippen molar-refractivity contribution in [2.24, 2.45) is 0 Å². The fraction of sp³-hybridized carbons (Fsp3) is 0.208. The Labute approximate surface area is 309 Å². The molecule has 0 spiro atoms. The molecule has 52 heavy (non-hydrogen) atoms. The molecule has 0 aliphatic carbocycles. The molecule has 0 radical (unpaired) electrons. The second-order valence-electron chi connectivity index (χ2n) is 17.3. The van der Waals surface area contributed by atoms with Crippen LogP contribution in [0.2, 0.25) is 5.76 Å². The molecule has 0 saturated carbocycles. The van der Waals surface area contributed by atoms with Crippen LogP contribution in [0, 0.1) is 6.92 Å². The van der Waals surface area contributed by atoms with Crippen molar-refractivity contribution in [3.05, 3.63) is 138 Å². The van der Waals surface area contributed by atoms with Crippen LogP contribution in [0.3, 0.4) is 0 Å². The Hall–Kier alpha value is -5.00. The molecule has 0 fully saturated rings. The molecule has 7 aromatic rings. The van der Waals surface area contributed by atoms with Crippen LogP contribution in [0.4, 0.5) is 34.1 Å². The number of fused-ring (bicyclic) bond motifs is 4. The van der Waals surface area contributed by atoms with Crippen LogP contribution in [0.25, 0.3) is 21.5 Å². The van der Waals surface area contributed by atoms with Crippen LogP contribution in [0.15, 0.2) is 121 Å². The van der Waals surface area contributed by atoms with Crippen molar-refractivity contribution >= 4 is 82.1 Å². The normalized spacial score (nSPS) is 15.2. The van der Waals surface area contributed by atoms with Gasteiger partial charge in [-0.25, -0.2) is 0 Å². The molecule has 0 unspecified atom stereocenters. The quantitative estimate of drug-likeness (QED) is 0.164. The van der Waals surface area contributed by atoms with Gasteiger partial charge in [0.05, 0.1) is 0 Å². The van der Waals surface area contributed by atoms with Gasteiger partial charge in [-0.05, 0) is 0 Å². The summed E-state index contributed by atoms with van der Waals surface area (Å²) in [6.45, 7) is 16.0. The molecule has 7 aromatic carbocycles. The van der Waals surface area contributed by atoms with Crippen molar-refractivity contribution in [3.63, 3.8) is 0 Å². The summed E-state index contributed by atoms with van der Waals surface area (Å²) in [7, 11) is 0. The second-order valence-corrected chi connectivity index (χ2v) is 25.2. The number of aryl methyl sites for hydroxylation is 1. The van der Waals surface area contributed by atoms with Gasteiger partial charge < -0.3 is 0 Å². The van der Waals surface area contributed by atoms with E-state index in [9.17, 15) is 0 Å². The van der Waals surface area contributed by atoms with Gasteiger partial charge >= 0.3 is 311 Å². The zero-order valence-electron chi connectivity index (χ0n) is 31.3. The van der Waals surface area contributed by atoms with Crippen molar-refractivity contribution < 1.29 is 4.74 Å². The maximum atomic E-state index is 7.24. The van der Waals surface area contributed by atoms with Crippen LogP contribution in [-0.4, -0.2) is 13.3 Å². The van der Waals surface area contributed by atoms with Gasteiger partial charge in [0.1, 0.15) is 0 Å². The zero-order valence-corrected chi connectivity index (χ0v) is 33.4. The Kier molecular flexibility index (Phi) is 6.43. The molecule has 3 heterocycles. The van der Waals surface area contributed by atoms with Crippen LogP contribution < -0.4 is 27.7 Å². The monoisotopic (exact) mass is 738 g/mol. The minimum atomic E-state index is -3.48. The van der Waals surface area contributed by atoms with E-state index in [1.165, 1.54) is 85.5 Å². The van der Waals surface area contributed by atoms with Crippen molar-refractivity contribution in [1.29, 1.82) is 0 Å². The predicted octanol–water partition coefficient (Wildman–Crippen LogP) is 11.7. The van der Waals surface area contributed by atoms with E-state index in [1.54, 1.807) is 0 Å². The van der Waals surface area contributed by atoms with E-state index in [4.69, 9.17) is 4.74 Å². The Balaban J connectivity index is 1.37. The second kappa shape index (κ2) is 10.5. The third kappa shape index (κ3) is 4.26. The Bertz CT molecular complexity index is 2470. The van der Waals surface area contributed by atoms with Gasteiger partial charge in [0, 0.05) is 0 Å². The molecule has 256 valence electrons. The van der Waals surface area contributed by atoms with Gasteiger partial charge in [-0.3, -0.25) is 0 Å². The molecule has 0 amide bonds. The number of anilines is 6. The molecule has 10 rings (SSSR count). The average Bonchev–Trinajstić information content (AvgIpc) is 3.10. The summed E-state index contributed by atoms with van der Waals surface area (Å²) in [5, 5.41) is 4.96. The van der Waals surface area contributed by atoms with E-state index in [2.05, 4.69) is 185 Å². The van der Waals surface area contributed by atoms with Crippen molar-refractivity contribution in [2.75, 3.05) is 9.80 Å². The minimum absolute atomic E-state index is 0.0647. The van der Waals surface area contributed by atoms with Gasteiger partial charge in [-0.15, -0.1) is 0 Å². The Morgan fingerprint density at radius 2 is 0.904 bits per heavy atom. The zero-order chi connectivity index (χ0) is 35.9. The summed E-state index contributed by atoms with van der Waals surface area (Å²) in [4.78, 5) is 5.15. The molecule has 0 atom stereocenters. The van der Waals surface area contributed by atoms with Crippen molar-refractivity contribution in [3.8, 4) is 11.5 Å². The van der Waals surface area contributed by atoms with Gasteiger partial charge in [0.25, 0.3) is 0 Å². The summed E-state index contributed by atoms with van der Waals surface area (Å²) in [6.07, 6.45) is 0. The van der Waals surface area contributed by atoms with E-state index in [1.807, 2.05) is 0 Å². The van der Waals surface area contributed by atoms with Crippen LogP contribution >= 0.6 is 0 Å². The summed E-state index contributed by atoms with van der Waals surface area (Å²) in [5.41, 5.74) is 11.6. The molecule has 4 heteroatoms. The van der Waals surface area contributed by atoms with Gasteiger partial charge in [-0.1, -0.05) is 0 Å². The van der Waals surface area contributed by atoms with Crippen LogP contribution in [-0.2, 0) is 10.8 Å². The van der Waals surface area contributed by atoms with E-state index < -0.39 is 13.3 Å². The summed E-state index contributed by atoms with van der Waals surface area (Å²) < 4.78 is 11.6. The first-order valence-corrected chi connectivity index (χ1v) is 23.9. The van der Waals surface area contributed by atoms with Gasteiger partial charge in [0.15, 0.2) is 0 Å². The SMILES string of the molecule is Cc1cc2[c]3c(c1)N(c1ccc(C(C)(C)C)cc1)c1[c]4c(cc5ccccc15)Oc1cc5ccccc5c([c]1[Ge]34[CH3])N2c1ccc(C(C)(C)C)cc1. The fourth-order valence-electron chi connectivity index (χ4n) is 9.30. The maximum absolute atomic E-state index is 7.24. The molecule has 0 aromatic heterocycles. The first-order chi connectivity index (χ1) is 24.8. The third-order valence-corrected chi connectivity index (χ3v) is 21.2. The number of hydrogen-bond acceptors (Lipinski definition) is 3. The van der Waals surface area contributed by atoms with Crippen LogP contribution in [0.1, 0.15) is 58.2 Å². The average molecular weight is 738 g/mol. The molecule has 3 aliphatic rings. The third-order valence-electron chi connectivity index (χ3n) is 11.8. The number of benzene rings is 7. The van der Waals surface area contributed by atoms with Crippen molar-refractivity contribution in [1.82, 2.24) is 0 Å². The van der Waals surface area contributed by atoms with Crippen LogP contribution in [0.5, 0.6) is 11.5 Å². The summed E-state index contributed by atoms with van der Waals surface area (Å²) in [5.74, 6) is 4.68. The summed E-state index contributed by atoms with van der Waals surface area (Å²) in [6, 6.07) is 46.0. The molecule has 0 saturated heterocycles. The summed E-state index contributed by atoms with van der Waals surface area (Å²) >= 11 is -3.48. The molecule has 3 nitrogen and oxygen atoms in total. The fourth-order valence-corrected chi connectivity index (χ4v) is 19.4. The van der Waals surface area contributed by atoms with Gasteiger partial charge in [0.2, 0.25) is 0 Å². The van der Waals surface area contributed by atoms with Gasteiger partial charge in [-0.2, -0.15) is 0 Å². The first kappa shape index (κ1) is 31.7. The van der Waals surface area contributed by atoms with E-state index in [0.29, 0.717) is 0 Å². The van der Waals surface area contributed by atoms with E-state index in [0.717, 1.165) is 11.5 Å². The number of hydrogen-bond donors (Lipinski definition) is 0. The number of rotatable bonds is 2. The standard InChI is InChI=1S/C48H44GeN2O/c1-29-25-38-42-39(26-29)51(35-23-19-33(20-24-35)48(5,6)7)46-37-16-12-10-14-31(37)28-41-44(46)49(42,8)43-40(52-41)27-30-13-9-11-15-36(30)45(43)50(38)34-21-17-32(18-22-34)47(2,3)4/h9-28H,1-8H3. The van der Waals surface area contributed by atoms with E-state index >= 15 is 0 Å². The Morgan fingerprint density at radius 1 is 0.500 bits per heavy atom. The molecule has 0 N–H and O–H groups in total. The molecular formula is C48H44GeN2O. The predicted molar refractivity (Wildman–Crippen MR) is 224 cm³/mol. The number of ether oxygens (including phenoxy) is 1. The first-order valence-electron chi connectivity index (χ1n) is 18.6. The Morgan fingerprint density at radius 3 is 1.31 bits per heavy atom. The molecule has 0 bridgehead atoms. The number of nitrogens with zero attached hydrogens (tertiary/aromatic N) is 2. The van der Waals surface area contributed by atoms with E-state index in [-0.39, 0.29) is 10.8 Å². The van der Waals surface area contributed by atoms with Crippen molar-refractivity contribution in [2.45, 2.75) is 65.1 Å². The topological polar surface area (TPSA) is 15.7 Å². The molecular weight excluding hydrogens is 693 g/mol. The molecule has 3 aliphatic heterocycles.